The topological polar surface area (TPSA) is 69.3 Å². The van der Waals surface area contributed by atoms with E-state index in [-0.39, 0.29) is 18.3 Å². The van der Waals surface area contributed by atoms with Gasteiger partial charge in [-0.25, -0.2) is 0 Å². The standard InChI is InChI=1S/C19H20ClN3O3/c1-3-23-9-8-15(22-23)11-21-19(24)18-7-5-16(26-18)12-25-17-6-4-14(20)10-13(17)2/h4-10H,3,11-12H2,1-2H3,(H,21,24). The number of carbonyl (C=O) groups is 1. The number of hydrogen-bond acceptors (Lipinski definition) is 4. The summed E-state index contributed by atoms with van der Waals surface area (Å²) in [6, 6.07) is 10.6. The van der Waals surface area contributed by atoms with Gasteiger partial charge >= 0.3 is 0 Å². The first kappa shape index (κ1) is 18.1. The Bertz CT molecular complexity index is 901. The minimum Gasteiger partial charge on any atom is -0.485 e. The van der Waals surface area contributed by atoms with Crippen LogP contribution in [0.1, 0.15) is 34.5 Å². The van der Waals surface area contributed by atoms with E-state index in [1.165, 1.54) is 0 Å². The molecule has 3 rings (SSSR count). The molecule has 2 heterocycles. The average molecular weight is 374 g/mol. The van der Waals surface area contributed by atoms with E-state index in [1.54, 1.807) is 18.2 Å². The number of hydrogen-bond donors (Lipinski definition) is 1. The van der Waals surface area contributed by atoms with Gasteiger partial charge in [0.05, 0.1) is 12.2 Å². The lowest BCUT2D eigenvalue weighted by molar-refractivity contribution is 0.0918. The highest BCUT2D eigenvalue weighted by Gasteiger charge is 2.12. The van der Waals surface area contributed by atoms with E-state index in [0.29, 0.717) is 17.3 Å². The second-order valence-electron chi connectivity index (χ2n) is 5.81. The first-order valence-corrected chi connectivity index (χ1v) is 8.71. The van der Waals surface area contributed by atoms with Crippen LogP contribution in [0.15, 0.2) is 47.0 Å². The zero-order valence-corrected chi connectivity index (χ0v) is 15.4. The van der Waals surface area contributed by atoms with E-state index in [0.717, 1.165) is 23.6 Å². The smallest absolute Gasteiger partial charge is 0.287 e. The van der Waals surface area contributed by atoms with E-state index >= 15 is 0 Å². The third-order valence-electron chi connectivity index (χ3n) is 3.84. The van der Waals surface area contributed by atoms with Crippen LogP contribution in [0.3, 0.4) is 0 Å². The monoisotopic (exact) mass is 373 g/mol. The Kier molecular flexibility index (Phi) is 5.63. The van der Waals surface area contributed by atoms with Crippen LogP contribution in [0.4, 0.5) is 0 Å². The summed E-state index contributed by atoms with van der Waals surface area (Å²) >= 11 is 5.93. The summed E-state index contributed by atoms with van der Waals surface area (Å²) in [5.74, 6) is 1.25. The molecule has 0 aliphatic rings. The first-order chi connectivity index (χ1) is 12.5. The molecule has 3 aromatic rings. The second-order valence-corrected chi connectivity index (χ2v) is 6.25. The van der Waals surface area contributed by atoms with Crippen LogP contribution in [0.5, 0.6) is 5.75 Å². The molecule has 0 unspecified atom stereocenters. The number of nitrogens with zero attached hydrogens (tertiary/aromatic N) is 2. The van der Waals surface area contributed by atoms with E-state index in [4.69, 9.17) is 20.8 Å². The van der Waals surface area contributed by atoms with Gasteiger partial charge in [0, 0.05) is 17.8 Å². The molecule has 0 aliphatic heterocycles. The van der Waals surface area contributed by atoms with E-state index in [1.807, 2.05) is 42.9 Å². The van der Waals surface area contributed by atoms with Crippen LogP contribution in [-0.4, -0.2) is 15.7 Å². The van der Waals surface area contributed by atoms with Gasteiger partial charge in [-0.2, -0.15) is 5.10 Å². The van der Waals surface area contributed by atoms with Crippen LogP contribution in [-0.2, 0) is 19.7 Å². The number of carbonyl (C=O) groups excluding carboxylic acids is 1. The molecule has 0 aliphatic carbocycles. The maximum absolute atomic E-state index is 12.2. The number of rotatable bonds is 7. The number of furan rings is 1. The molecule has 1 amide bonds. The van der Waals surface area contributed by atoms with Crippen LogP contribution in [0, 0.1) is 6.92 Å². The van der Waals surface area contributed by atoms with E-state index in [2.05, 4.69) is 10.4 Å². The molecular formula is C19H20ClN3O3. The fourth-order valence-electron chi connectivity index (χ4n) is 2.43. The van der Waals surface area contributed by atoms with Crippen molar-refractivity contribution in [3.63, 3.8) is 0 Å². The third-order valence-corrected chi connectivity index (χ3v) is 4.08. The Hall–Kier alpha value is -2.73. The third kappa shape index (κ3) is 4.46. The molecule has 0 fully saturated rings. The van der Waals surface area contributed by atoms with Gasteiger partial charge in [-0.15, -0.1) is 0 Å². The lowest BCUT2D eigenvalue weighted by atomic mass is 10.2. The van der Waals surface area contributed by atoms with Crippen molar-refractivity contribution in [1.29, 1.82) is 0 Å². The SMILES string of the molecule is CCn1ccc(CNC(=O)c2ccc(COc3ccc(Cl)cc3C)o2)n1. The van der Waals surface area contributed by atoms with Crippen molar-refractivity contribution in [2.45, 2.75) is 33.5 Å². The van der Waals surface area contributed by atoms with Crippen LogP contribution in [0.25, 0.3) is 0 Å². The quantitative estimate of drug-likeness (QED) is 0.680. The molecule has 26 heavy (non-hydrogen) atoms. The summed E-state index contributed by atoms with van der Waals surface area (Å²) < 4.78 is 13.1. The van der Waals surface area contributed by atoms with Crippen molar-refractivity contribution in [3.05, 3.63) is 70.4 Å². The zero-order chi connectivity index (χ0) is 18.5. The molecule has 136 valence electrons. The summed E-state index contributed by atoms with van der Waals surface area (Å²) in [5, 5.41) is 7.77. The molecule has 0 atom stereocenters. The predicted molar refractivity (Wildman–Crippen MR) is 98.3 cm³/mol. The fraction of sp³-hybridized carbons (Fsp3) is 0.263. The highest BCUT2D eigenvalue weighted by atomic mass is 35.5. The minimum atomic E-state index is -0.287. The second kappa shape index (κ2) is 8.10. The molecule has 7 heteroatoms. The summed E-state index contributed by atoms with van der Waals surface area (Å²) in [6.07, 6.45) is 1.88. The number of benzene rings is 1. The predicted octanol–water partition coefficient (Wildman–Crippen LogP) is 3.97. The highest BCUT2D eigenvalue weighted by molar-refractivity contribution is 6.30. The van der Waals surface area contributed by atoms with Crippen molar-refractivity contribution < 1.29 is 13.9 Å². The van der Waals surface area contributed by atoms with Gasteiger partial charge < -0.3 is 14.5 Å². The molecular weight excluding hydrogens is 354 g/mol. The van der Waals surface area contributed by atoms with Gasteiger partial charge in [0.25, 0.3) is 5.91 Å². The van der Waals surface area contributed by atoms with Crippen molar-refractivity contribution in [2.24, 2.45) is 0 Å². The largest absolute Gasteiger partial charge is 0.485 e. The maximum Gasteiger partial charge on any atom is 0.287 e. The van der Waals surface area contributed by atoms with Crippen molar-refractivity contribution >= 4 is 17.5 Å². The molecule has 0 radical (unpaired) electrons. The molecule has 1 N–H and O–H groups in total. The molecule has 0 bridgehead atoms. The Morgan fingerprint density at radius 3 is 2.88 bits per heavy atom. The molecule has 0 saturated carbocycles. The molecule has 0 spiro atoms. The summed E-state index contributed by atoms with van der Waals surface area (Å²) in [4.78, 5) is 12.2. The van der Waals surface area contributed by atoms with Crippen molar-refractivity contribution in [2.75, 3.05) is 0 Å². The molecule has 6 nitrogen and oxygen atoms in total. The maximum atomic E-state index is 12.2. The van der Waals surface area contributed by atoms with Gasteiger partial charge in [-0.05, 0) is 55.8 Å². The fourth-order valence-corrected chi connectivity index (χ4v) is 2.66. The number of nitrogens with one attached hydrogen (secondary N) is 1. The van der Waals surface area contributed by atoms with E-state index in [9.17, 15) is 4.79 Å². The number of amides is 1. The van der Waals surface area contributed by atoms with Crippen LogP contribution >= 0.6 is 11.6 Å². The average Bonchev–Trinajstić information content (AvgIpc) is 3.28. The van der Waals surface area contributed by atoms with Crippen molar-refractivity contribution in [3.8, 4) is 5.75 Å². The Balaban J connectivity index is 1.54. The number of halogens is 1. The lowest BCUT2D eigenvalue weighted by Gasteiger charge is -2.07. The summed E-state index contributed by atoms with van der Waals surface area (Å²) in [7, 11) is 0. The molecule has 1 aromatic carbocycles. The van der Waals surface area contributed by atoms with Gasteiger partial charge in [0.15, 0.2) is 5.76 Å². The van der Waals surface area contributed by atoms with Crippen LogP contribution in [0.2, 0.25) is 5.02 Å². The number of aromatic nitrogens is 2. The molecule has 2 aromatic heterocycles. The molecule has 0 saturated heterocycles. The van der Waals surface area contributed by atoms with Crippen LogP contribution < -0.4 is 10.1 Å². The van der Waals surface area contributed by atoms with Gasteiger partial charge in [0.2, 0.25) is 0 Å². The first-order valence-electron chi connectivity index (χ1n) is 8.33. The van der Waals surface area contributed by atoms with Gasteiger partial charge in [0.1, 0.15) is 18.1 Å². The van der Waals surface area contributed by atoms with Crippen molar-refractivity contribution in [1.82, 2.24) is 15.1 Å². The number of ether oxygens (including phenoxy) is 1. The zero-order valence-electron chi connectivity index (χ0n) is 14.7. The Morgan fingerprint density at radius 2 is 2.15 bits per heavy atom. The lowest BCUT2D eigenvalue weighted by Crippen LogP contribution is -2.22. The highest BCUT2D eigenvalue weighted by Crippen LogP contribution is 2.23. The van der Waals surface area contributed by atoms with Gasteiger partial charge in [-0.1, -0.05) is 11.6 Å². The van der Waals surface area contributed by atoms with Gasteiger partial charge in [-0.3, -0.25) is 9.48 Å². The normalized spacial score (nSPS) is 10.7. The summed E-state index contributed by atoms with van der Waals surface area (Å²) in [6.45, 7) is 5.30. The number of aryl methyl sites for hydroxylation is 2. The Morgan fingerprint density at radius 1 is 1.31 bits per heavy atom. The summed E-state index contributed by atoms with van der Waals surface area (Å²) in [5.41, 5.74) is 1.74. The minimum absolute atomic E-state index is 0.233. The Labute approximate surface area is 156 Å². The van der Waals surface area contributed by atoms with E-state index < -0.39 is 0 Å².